The molecular formula is C16H26O. The molecule has 0 saturated carbocycles. The summed E-state index contributed by atoms with van der Waals surface area (Å²) in [5.74, 6) is 0. The quantitative estimate of drug-likeness (QED) is 0.699. The van der Waals surface area contributed by atoms with Gasteiger partial charge in [-0.2, -0.15) is 0 Å². The zero-order chi connectivity index (χ0) is 12.7. The highest BCUT2D eigenvalue weighted by atomic mass is 16.3. The van der Waals surface area contributed by atoms with Crippen molar-refractivity contribution in [1.29, 1.82) is 0 Å². The van der Waals surface area contributed by atoms with Crippen LogP contribution in [0.1, 0.15) is 52.9 Å². The van der Waals surface area contributed by atoms with Crippen molar-refractivity contribution in [3.63, 3.8) is 0 Å². The summed E-state index contributed by atoms with van der Waals surface area (Å²) in [6.07, 6.45) is 14.6. The molecule has 0 aliphatic heterocycles. The zero-order valence-corrected chi connectivity index (χ0v) is 11.5. The van der Waals surface area contributed by atoms with E-state index in [-0.39, 0.29) is 12.0 Å². The van der Waals surface area contributed by atoms with Crippen LogP contribution in [0.4, 0.5) is 0 Å². The van der Waals surface area contributed by atoms with Crippen LogP contribution in [0, 0.1) is 5.41 Å². The standard InChI is InChI=1S/C16H26O/c1-14(2)8-7-9-15(3)12-16(13-17)10-5-4-6-11-16/h5,8,10,12,17H,4,6-7,9,11,13H2,1-3H3. The lowest BCUT2D eigenvalue weighted by Crippen LogP contribution is -2.22. The summed E-state index contributed by atoms with van der Waals surface area (Å²) in [7, 11) is 0. The molecule has 1 aliphatic carbocycles. The summed E-state index contributed by atoms with van der Waals surface area (Å²) in [5, 5.41) is 9.60. The molecule has 0 aromatic rings. The van der Waals surface area contributed by atoms with Crippen molar-refractivity contribution in [1.82, 2.24) is 0 Å². The molecule has 1 rings (SSSR count). The Morgan fingerprint density at radius 2 is 2.12 bits per heavy atom. The first-order chi connectivity index (χ1) is 8.08. The Morgan fingerprint density at radius 3 is 2.65 bits per heavy atom. The molecular weight excluding hydrogens is 208 g/mol. The maximum Gasteiger partial charge on any atom is 0.0556 e. The zero-order valence-electron chi connectivity index (χ0n) is 11.5. The van der Waals surface area contributed by atoms with Crippen LogP contribution in [0.15, 0.2) is 35.5 Å². The van der Waals surface area contributed by atoms with Gasteiger partial charge in [-0.25, -0.2) is 0 Å². The van der Waals surface area contributed by atoms with E-state index in [0.717, 1.165) is 25.7 Å². The van der Waals surface area contributed by atoms with Gasteiger partial charge in [0.2, 0.25) is 0 Å². The summed E-state index contributed by atoms with van der Waals surface area (Å²) in [5.41, 5.74) is 2.70. The maximum absolute atomic E-state index is 9.60. The minimum Gasteiger partial charge on any atom is -0.395 e. The summed E-state index contributed by atoms with van der Waals surface area (Å²) in [4.78, 5) is 0. The van der Waals surface area contributed by atoms with Gasteiger partial charge in [0.1, 0.15) is 0 Å². The third kappa shape index (κ3) is 4.91. The van der Waals surface area contributed by atoms with Gasteiger partial charge < -0.3 is 5.11 Å². The van der Waals surface area contributed by atoms with E-state index in [0.29, 0.717) is 0 Å². The molecule has 0 spiro atoms. The summed E-state index contributed by atoms with van der Waals surface area (Å²) in [6, 6.07) is 0. The predicted molar refractivity (Wildman–Crippen MR) is 74.9 cm³/mol. The highest BCUT2D eigenvalue weighted by Crippen LogP contribution is 2.33. The van der Waals surface area contributed by atoms with Gasteiger partial charge in [0.15, 0.2) is 0 Å². The topological polar surface area (TPSA) is 20.2 Å². The van der Waals surface area contributed by atoms with Crippen LogP contribution in [0.3, 0.4) is 0 Å². The molecule has 1 N–H and O–H groups in total. The van der Waals surface area contributed by atoms with Gasteiger partial charge in [-0.3, -0.25) is 0 Å². The maximum atomic E-state index is 9.60. The molecule has 17 heavy (non-hydrogen) atoms. The largest absolute Gasteiger partial charge is 0.395 e. The van der Waals surface area contributed by atoms with Crippen LogP contribution in [0.5, 0.6) is 0 Å². The molecule has 0 bridgehead atoms. The molecule has 0 saturated heterocycles. The molecule has 96 valence electrons. The van der Waals surface area contributed by atoms with E-state index in [4.69, 9.17) is 0 Å². The van der Waals surface area contributed by atoms with Gasteiger partial charge in [0.25, 0.3) is 0 Å². The number of hydrogen-bond donors (Lipinski definition) is 1. The van der Waals surface area contributed by atoms with Crippen LogP contribution < -0.4 is 0 Å². The Kier molecular flexibility index (Phi) is 5.70. The van der Waals surface area contributed by atoms with Crippen LogP contribution in [-0.4, -0.2) is 11.7 Å². The average molecular weight is 234 g/mol. The van der Waals surface area contributed by atoms with Crippen LogP contribution in [0.2, 0.25) is 0 Å². The summed E-state index contributed by atoms with van der Waals surface area (Å²) in [6.45, 7) is 6.69. The van der Waals surface area contributed by atoms with Gasteiger partial charge in [-0.05, 0) is 52.9 Å². The number of hydrogen-bond acceptors (Lipinski definition) is 1. The Labute approximate surface area is 106 Å². The third-order valence-corrected chi connectivity index (χ3v) is 3.38. The number of rotatable bonds is 5. The number of allylic oxidation sites excluding steroid dienone is 4. The normalized spacial score (nSPS) is 24.8. The Balaban J connectivity index is 2.61. The van der Waals surface area contributed by atoms with E-state index >= 15 is 0 Å². The van der Waals surface area contributed by atoms with E-state index in [9.17, 15) is 5.11 Å². The third-order valence-electron chi connectivity index (χ3n) is 3.38. The second kappa shape index (κ2) is 6.80. The molecule has 0 heterocycles. The Bertz CT molecular complexity index is 318. The molecule has 0 radical (unpaired) electrons. The lowest BCUT2D eigenvalue weighted by Gasteiger charge is -2.28. The molecule has 1 atom stereocenters. The van der Waals surface area contributed by atoms with Gasteiger partial charge in [-0.15, -0.1) is 0 Å². The lowest BCUT2D eigenvalue weighted by molar-refractivity contribution is 0.191. The summed E-state index contributed by atoms with van der Waals surface area (Å²) >= 11 is 0. The molecule has 0 fully saturated rings. The first kappa shape index (κ1) is 14.2. The molecule has 0 amide bonds. The van der Waals surface area contributed by atoms with E-state index < -0.39 is 0 Å². The van der Waals surface area contributed by atoms with E-state index in [1.54, 1.807) is 0 Å². The van der Waals surface area contributed by atoms with Gasteiger partial charge in [0, 0.05) is 5.41 Å². The first-order valence-electron chi connectivity index (χ1n) is 6.68. The van der Waals surface area contributed by atoms with Crippen molar-refractivity contribution in [3.8, 4) is 0 Å². The van der Waals surface area contributed by atoms with Crippen molar-refractivity contribution in [2.75, 3.05) is 6.61 Å². The number of aliphatic hydroxyl groups excluding tert-OH is 1. The highest BCUT2D eigenvalue weighted by Gasteiger charge is 2.25. The minimum absolute atomic E-state index is 0.0761. The van der Waals surface area contributed by atoms with Crippen molar-refractivity contribution in [2.24, 2.45) is 5.41 Å². The van der Waals surface area contributed by atoms with Gasteiger partial charge >= 0.3 is 0 Å². The monoisotopic (exact) mass is 234 g/mol. The molecule has 0 aromatic heterocycles. The molecule has 1 aliphatic rings. The van der Waals surface area contributed by atoms with Crippen LogP contribution in [-0.2, 0) is 0 Å². The second-order valence-corrected chi connectivity index (χ2v) is 5.50. The van der Waals surface area contributed by atoms with E-state index in [2.05, 4.69) is 45.1 Å². The molecule has 1 unspecified atom stereocenters. The second-order valence-electron chi connectivity index (χ2n) is 5.50. The number of aliphatic hydroxyl groups is 1. The Hall–Kier alpha value is -0.820. The van der Waals surface area contributed by atoms with Crippen LogP contribution in [0.25, 0.3) is 0 Å². The molecule has 1 nitrogen and oxygen atoms in total. The molecule has 1 heteroatoms. The highest BCUT2D eigenvalue weighted by molar-refractivity contribution is 5.18. The van der Waals surface area contributed by atoms with Crippen molar-refractivity contribution in [3.05, 3.63) is 35.5 Å². The summed E-state index contributed by atoms with van der Waals surface area (Å²) < 4.78 is 0. The van der Waals surface area contributed by atoms with Crippen molar-refractivity contribution in [2.45, 2.75) is 52.9 Å². The van der Waals surface area contributed by atoms with E-state index in [1.165, 1.54) is 17.6 Å². The van der Waals surface area contributed by atoms with Crippen molar-refractivity contribution >= 4 is 0 Å². The van der Waals surface area contributed by atoms with Gasteiger partial charge in [0.05, 0.1) is 6.61 Å². The predicted octanol–water partition coefficient (Wildman–Crippen LogP) is 4.40. The fourth-order valence-corrected chi connectivity index (χ4v) is 2.40. The minimum atomic E-state index is -0.0761. The Morgan fingerprint density at radius 1 is 1.35 bits per heavy atom. The smallest absolute Gasteiger partial charge is 0.0556 e. The van der Waals surface area contributed by atoms with Crippen LogP contribution >= 0.6 is 0 Å². The van der Waals surface area contributed by atoms with Crippen molar-refractivity contribution < 1.29 is 5.11 Å². The SMILES string of the molecule is CC(C)=CCCC(C)=CC1(CO)C=CCCC1. The van der Waals surface area contributed by atoms with Gasteiger partial charge in [-0.1, -0.05) is 35.5 Å². The van der Waals surface area contributed by atoms with E-state index in [1.807, 2.05) is 0 Å². The fourth-order valence-electron chi connectivity index (χ4n) is 2.40. The average Bonchev–Trinajstić information content (AvgIpc) is 2.29. The first-order valence-corrected chi connectivity index (χ1v) is 6.68. The molecule has 0 aromatic carbocycles. The lowest BCUT2D eigenvalue weighted by atomic mass is 9.78. The fraction of sp³-hybridized carbons (Fsp3) is 0.625.